The van der Waals surface area contributed by atoms with Crippen LogP contribution in [0.4, 0.5) is 11.4 Å². The lowest BCUT2D eigenvalue weighted by atomic mass is 10.1. The molecule has 1 fully saturated rings. The van der Waals surface area contributed by atoms with E-state index in [0.29, 0.717) is 30.1 Å². The van der Waals surface area contributed by atoms with Gasteiger partial charge in [0, 0.05) is 18.7 Å². The average Bonchev–Trinajstić information content (AvgIpc) is 2.68. The molecule has 27 heavy (non-hydrogen) atoms. The van der Waals surface area contributed by atoms with Gasteiger partial charge in [0.15, 0.2) is 0 Å². The van der Waals surface area contributed by atoms with E-state index in [-0.39, 0.29) is 18.2 Å². The smallest absolute Gasteiger partial charge is 0.228 e. The highest BCUT2D eigenvalue weighted by Gasteiger charge is 2.23. The minimum atomic E-state index is -0.135. The van der Waals surface area contributed by atoms with Gasteiger partial charge in [-0.2, -0.15) is 0 Å². The average molecular weight is 368 g/mol. The summed E-state index contributed by atoms with van der Waals surface area (Å²) in [4.78, 5) is 26.4. The highest BCUT2D eigenvalue weighted by molar-refractivity contribution is 5.98. The maximum atomic E-state index is 12.4. The molecule has 1 aliphatic rings. The van der Waals surface area contributed by atoms with E-state index in [0.717, 1.165) is 24.2 Å². The third-order valence-corrected chi connectivity index (χ3v) is 4.58. The number of carbonyl (C=O) groups is 2. The van der Waals surface area contributed by atoms with Crippen molar-refractivity contribution in [3.63, 3.8) is 0 Å². The van der Waals surface area contributed by atoms with Crippen LogP contribution in [0, 0.1) is 0 Å². The first-order valence-electron chi connectivity index (χ1n) is 9.02. The van der Waals surface area contributed by atoms with Gasteiger partial charge in [-0.15, -0.1) is 0 Å². The minimum absolute atomic E-state index is 0.0828. The predicted octanol–water partition coefficient (Wildman–Crippen LogP) is 3.40. The summed E-state index contributed by atoms with van der Waals surface area (Å²) in [5.74, 6) is 1.29. The lowest BCUT2D eigenvalue weighted by Gasteiger charge is -2.28. The normalized spacial score (nSPS) is 14.0. The number of rotatable bonds is 6. The van der Waals surface area contributed by atoms with Gasteiger partial charge in [0.05, 0.1) is 26.3 Å². The molecule has 1 saturated heterocycles. The lowest BCUT2D eigenvalue weighted by molar-refractivity contribution is -0.119. The molecule has 0 aromatic heterocycles. The fraction of sp³-hybridized carbons (Fsp3) is 0.333. The first kappa shape index (κ1) is 18.8. The Morgan fingerprint density at radius 2 is 1.96 bits per heavy atom. The molecule has 3 rings (SSSR count). The molecule has 0 unspecified atom stereocenters. The number of carbonyl (C=O) groups excluding carboxylic acids is 2. The number of benzene rings is 2. The first-order valence-corrected chi connectivity index (χ1v) is 9.02. The molecule has 6 nitrogen and oxygen atoms in total. The molecule has 1 heterocycles. The molecule has 1 N–H and O–H groups in total. The molecule has 2 aromatic rings. The fourth-order valence-corrected chi connectivity index (χ4v) is 3.21. The van der Waals surface area contributed by atoms with Crippen molar-refractivity contribution in [1.82, 2.24) is 0 Å². The molecule has 1 aliphatic heterocycles. The summed E-state index contributed by atoms with van der Waals surface area (Å²) in [6.45, 7) is 0.663. The van der Waals surface area contributed by atoms with Crippen LogP contribution in [0.3, 0.4) is 0 Å². The van der Waals surface area contributed by atoms with Gasteiger partial charge < -0.3 is 19.7 Å². The Morgan fingerprint density at radius 1 is 1.11 bits per heavy atom. The van der Waals surface area contributed by atoms with Crippen LogP contribution >= 0.6 is 0 Å². The van der Waals surface area contributed by atoms with Crippen molar-refractivity contribution >= 4 is 23.2 Å². The van der Waals surface area contributed by atoms with Gasteiger partial charge in [0.1, 0.15) is 11.5 Å². The molecule has 0 saturated carbocycles. The van der Waals surface area contributed by atoms with E-state index in [4.69, 9.17) is 9.47 Å². The van der Waals surface area contributed by atoms with E-state index >= 15 is 0 Å². The molecule has 0 bridgehead atoms. The van der Waals surface area contributed by atoms with Crippen LogP contribution in [0.2, 0.25) is 0 Å². The second kappa shape index (κ2) is 8.58. The Labute approximate surface area is 159 Å². The number of anilines is 2. The summed E-state index contributed by atoms with van der Waals surface area (Å²) < 4.78 is 10.6. The van der Waals surface area contributed by atoms with Gasteiger partial charge in [-0.05, 0) is 48.7 Å². The highest BCUT2D eigenvalue weighted by atomic mass is 16.5. The molecule has 0 radical (unpaired) electrons. The number of nitrogens with zero attached hydrogens (tertiary/aromatic N) is 1. The number of hydrogen-bond acceptors (Lipinski definition) is 4. The fourth-order valence-electron chi connectivity index (χ4n) is 3.21. The number of amides is 2. The van der Waals surface area contributed by atoms with Crippen molar-refractivity contribution < 1.29 is 19.1 Å². The Balaban J connectivity index is 1.75. The highest BCUT2D eigenvalue weighted by Crippen LogP contribution is 2.33. The second-order valence-corrected chi connectivity index (χ2v) is 6.47. The predicted molar refractivity (Wildman–Crippen MR) is 105 cm³/mol. The monoisotopic (exact) mass is 368 g/mol. The van der Waals surface area contributed by atoms with Crippen LogP contribution in [0.5, 0.6) is 11.5 Å². The van der Waals surface area contributed by atoms with Gasteiger partial charge in [0.25, 0.3) is 0 Å². The third-order valence-electron chi connectivity index (χ3n) is 4.58. The number of ether oxygens (including phenoxy) is 2. The Kier molecular flexibility index (Phi) is 5.96. The van der Waals surface area contributed by atoms with E-state index in [1.54, 1.807) is 37.3 Å². The van der Waals surface area contributed by atoms with Crippen LogP contribution in [0.25, 0.3) is 0 Å². The number of nitrogens with one attached hydrogen (secondary N) is 1. The maximum Gasteiger partial charge on any atom is 0.228 e. The summed E-state index contributed by atoms with van der Waals surface area (Å²) in [6, 6.07) is 12.8. The van der Waals surface area contributed by atoms with Crippen molar-refractivity contribution in [2.45, 2.75) is 25.7 Å². The summed E-state index contributed by atoms with van der Waals surface area (Å²) in [6.07, 6.45) is 2.65. The van der Waals surface area contributed by atoms with Crippen LogP contribution in [-0.4, -0.2) is 32.6 Å². The third kappa shape index (κ3) is 4.58. The molecule has 2 amide bonds. The molecule has 6 heteroatoms. The molecule has 0 spiro atoms. The summed E-state index contributed by atoms with van der Waals surface area (Å²) in [5, 5.41) is 2.90. The molecule has 142 valence electrons. The standard InChI is InChI=1S/C21H24N2O4/c1-26-17-7-5-6-15(12-17)13-20(24)22-16-9-10-19(27-2)18(14-16)23-11-4-3-8-21(23)25/h5-7,9-10,12,14H,3-4,8,11,13H2,1-2H3,(H,22,24). The molecular weight excluding hydrogens is 344 g/mol. The topological polar surface area (TPSA) is 67.9 Å². The zero-order valence-electron chi connectivity index (χ0n) is 15.7. The Morgan fingerprint density at radius 3 is 2.70 bits per heavy atom. The van der Waals surface area contributed by atoms with Crippen molar-refractivity contribution in [2.24, 2.45) is 0 Å². The van der Waals surface area contributed by atoms with Gasteiger partial charge in [-0.25, -0.2) is 0 Å². The van der Waals surface area contributed by atoms with E-state index < -0.39 is 0 Å². The van der Waals surface area contributed by atoms with Crippen molar-refractivity contribution in [3.05, 3.63) is 48.0 Å². The van der Waals surface area contributed by atoms with Gasteiger partial charge in [0.2, 0.25) is 11.8 Å². The van der Waals surface area contributed by atoms with E-state index in [2.05, 4.69) is 5.32 Å². The van der Waals surface area contributed by atoms with Crippen LogP contribution in [-0.2, 0) is 16.0 Å². The van der Waals surface area contributed by atoms with E-state index in [1.807, 2.05) is 24.3 Å². The largest absolute Gasteiger partial charge is 0.497 e. The summed E-state index contributed by atoms with van der Waals surface area (Å²) in [5.41, 5.74) is 2.20. The van der Waals surface area contributed by atoms with Crippen LogP contribution in [0.15, 0.2) is 42.5 Å². The Bertz CT molecular complexity index is 835. The lowest BCUT2D eigenvalue weighted by Crippen LogP contribution is -2.35. The zero-order chi connectivity index (χ0) is 19.2. The summed E-state index contributed by atoms with van der Waals surface area (Å²) in [7, 11) is 3.17. The minimum Gasteiger partial charge on any atom is -0.497 e. The maximum absolute atomic E-state index is 12.4. The van der Waals surface area contributed by atoms with Crippen molar-refractivity contribution in [1.29, 1.82) is 0 Å². The molecule has 0 aliphatic carbocycles. The van der Waals surface area contributed by atoms with Crippen LogP contribution in [0.1, 0.15) is 24.8 Å². The van der Waals surface area contributed by atoms with Crippen molar-refractivity contribution in [3.8, 4) is 11.5 Å². The van der Waals surface area contributed by atoms with E-state index in [1.165, 1.54) is 0 Å². The number of methoxy groups -OCH3 is 2. The van der Waals surface area contributed by atoms with Gasteiger partial charge >= 0.3 is 0 Å². The molecule has 2 aromatic carbocycles. The second-order valence-electron chi connectivity index (χ2n) is 6.47. The first-order chi connectivity index (χ1) is 13.1. The van der Waals surface area contributed by atoms with Crippen molar-refractivity contribution in [2.75, 3.05) is 31.0 Å². The zero-order valence-corrected chi connectivity index (χ0v) is 15.7. The number of hydrogen-bond donors (Lipinski definition) is 1. The van der Waals surface area contributed by atoms with Crippen LogP contribution < -0.4 is 19.7 Å². The van der Waals surface area contributed by atoms with E-state index in [9.17, 15) is 9.59 Å². The quantitative estimate of drug-likeness (QED) is 0.849. The van der Waals surface area contributed by atoms with Gasteiger partial charge in [-0.3, -0.25) is 9.59 Å². The number of piperidine rings is 1. The van der Waals surface area contributed by atoms with Gasteiger partial charge in [-0.1, -0.05) is 12.1 Å². The SMILES string of the molecule is COc1cccc(CC(=O)Nc2ccc(OC)c(N3CCCCC3=O)c2)c1. The Hall–Kier alpha value is -3.02. The molecule has 0 atom stereocenters. The molecular formula is C21H24N2O4. The summed E-state index contributed by atoms with van der Waals surface area (Å²) >= 11 is 0.